The van der Waals surface area contributed by atoms with Crippen molar-refractivity contribution >= 4 is 52.5 Å². The quantitative estimate of drug-likeness (QED) is 0.219. The number of amides is 4. The van der Waals surface area contributed by atoms with Crippen molar-refractivity contribution in [2.45, 2.75) is 50.5 Å². The van der Waals surface area contributed by atoms with E-state index < -0.39 is 52.4 Å². The fourth-order valence-electron chi connectivity index (χ4n) is 8.77. The highest BCUT2D eigenvalue weighted by atomic mass is 35.5. The smallest absolute Gasteiger partial charge is 0.260 e. The standard InChI is InChI=1S/C38H37Cl2N3O7/c1-37(2,3)42-33(45)24-13-12-23-25(31(24)35(42)47)18-26-34(46)43(41-28-14-9-21(39)17-27(28)40)36(48)38(26,20-7-10-22(49-4)11-8-20)32(23)19-6-15-30(50-5)29(44)16-19/h6-12,14-17,24-26,31-32,41,44H,13,18H2,1-5H3. The van der Waals surface area contributed by atoms with Crippen molar-refractivity contribution < 1.29 is 33.8 Å². The van der Waals surface area contributed by atoms with Crippen molar-refractivity contribution in [1.29, 1.82) is 0 Å². The first kappa shape index (κ1) is 33.9. The second-order valence-corrected chi connectivity index (χ2v) is 15.2. The number of carbonyl (C=O) groups excluding carboxylic acids is 4. The van der Waals surface area contributed by atoms with Crippen LogP contribution < -0.4 is 14.9 Å². The number of ether oxygens (including phenoxy) is 2. The van der Waals surface area contributed by atoms with Crippen molar-refractivity contribution in [2.24, 2.45) is 23.7 Å². The molecule has 4 aliphatic rings. The Morgan fingerprint density at radius 1 is 0.880 bits per heavy atom. The van der Waals surface area contributed by atoms with Gasteiger partial charge in [0, 0.05) is 16.5 Å². The SMILES string of the molecule is COc1ccc(C23C(=O)N(Nc4ccc(Cl)cc4Cl)C(=O)C2CC2C(=CCC4C(=O)N(C(C)(C)C)C(=O)C42)C3c2ccc(OC)c(O)c2)cc1. The number of aromatic hydroxyl groups is 1. The molecular weight excluding hydrogens is 681 g/mol. The van der Waals surface area contributed by atoms with E-state index in [4.69, 9.17) is 32.7 Å². The molecule has 4 amide bonds. The molecule has 12 heteroatoms. The van der Waals surface area contributed by atoms with Gasteiger partial charge in [-0.25, -0.2) is 0 Å². The lowest BCUT2D eigenvalue weighted by atomic mass is 9.49. The number of phenolic OH excluding ortho intramolecular Hbond substituents is 1. The second kappa shape index (κ2) is 12.1. The fourth-order valence-corrected chi connectivity index (χ4v) is 9.22. The van der Waals surface area contributed by atoms with Crippen LogP contribution in [0.5, 0.6) is 17.2 Å². The summed E-state index contributed by atoms with van der Waals surface area (Å²) >= 11 is 12.7. The summed E-state index contributed by atoms with van der Waals surface area (Å²) in [5.74, 6) is -4.57. The van der Waals surface area contributed by atoms with Gasteiger partial charge in [-0.3, -0.25) is 29.5 Å². The average Bonchev–Trinajstić information content (AvgIpc) is 3.47. The van der Waals surface area contributed by atoms with Gasteiger partial charge in [-0.1, -0.05) is 53.1 Å². The Morgan fingerprint density at radius 2 is 1.60 bits per heavy atom. The molecule has 1 saturated carbocycles. The highest BCUT2D eigenvalue weighted by Crippen LogP contribution is 2.64. The van der Waals surface area contributed by atoms with Crippen molar-refractivity contribution in [3.8, 4) is 17.2 Å². The number of hydrogen-bond acceptors (Lipinski definition) is 8. The molecule has 0 radical (unpaired) electrons. The molecule has 50 heavy (non-hydrogen) atoms. The van der Waals surface area contributed by atoms with Gasteiger partial charge in [-0.15, -0.1) is 0 Å². The molecule has 0 spiro atoms. The third kappa shape index (κ3) is 4.90. The zero-order chi connectivity index (χ0) is 35.9. The predicted octanol–water partition coefficient (Wildman–Crippen LogP) is 6.50. The lowest BCUT2D eigenvalue weighted by Crippen LogP contribution is -2.53. The molecule has 7 rings (SSSR count). The number of phenols is 1. The van der Waals surface area contributed by atoms with Gasteiger partial charge in [0.1, 0.15) is 5.75 Å². The normalized spacial score (nSPS) is 27.5. The van der Waals surface area contributed by atoms with E-state index in [0.717, 1.165) is 10.6 Å². The summed E-state index contributed by atoms with van der Waals surface area (Å²) in [6, 6.07) is 16.7. The molecule has 2 aliphatic heterocycles. The molecule has 0 aromatic heterocycles. The Bertz CT molecular complexity index is 1970. The predicted molar refractivity (Wildman–Crippen MR) is 187 cm³/mol. The van der Waals surface area contributed by atoms with E-state index in [0.29, 0.717) is 34.0 Å². The number of allylic oxidation sites excluding steroid dienone is 2. The van der Waals surface area contributed by atoms with Crippen molar-refractivity contribution in [3.63, 3.8) is 0 Å². The number of methoxy groups -OCH3 is 2. The molecular formula is C38H37Cl2N3O7. The van der Waals surface area contributed by atoms with E-state index >= 15 is 4.79 Å². The molecule has 10 nitrogen and oxygen atoms in total. The summed E-state index contributed by atoms with van der Waals surface area (Å²) in [5, 5.41) is 12.7. The van der Waals surface area contributed by atoms with Crippen LogP contribution in [0.4, 0.5) is 5.69 Å². The van der Waals surface area contributed by atoms with Gasteiger partial charge >= 0.3 is 0 Å². The van der Waals surface area contributed by atoms with Gasteiger partial charge in [-0.2, -0.15) is 5.01 Å². The number of fused-ring (bicyclic) bond motifs is 4. The number of halogens is 2. The van der Waals surface area contributed by atoms with Crippen LogP contribution in [0.15, 0.2) is 72.3 Å². The maximum absolute atomic E-state index is 15.3. The van der Waals surface area contributed by atoms with E-state index in [9.17, 15) is 19.5 Å². The van der Waals surface area contributed by atoms with Crippen LogP contribution in [-0.2, 0) is 24.6 Å². The molecule has 6 atom stereocenters. The number of carbonyl (C=O) groups is 4. The van der Waals surface area contributed by atoms with Crippen LogP contribution in [0.2, 0.25) is 10.0 Å². The van der Waals surface area contributed by atoms with Gasteiger partial charge in [0.25, 0.3) is 11.8 Å². The lowest BCUT2D eigenvalue weighted by molar-refractivity contribution is -0.146. The molecule has 260 valence electrons. The summed E-state index contributed by atoms with van der Waals surface area (Å²) in [7, 11) is 2.98. The number of hydrogen-bond donors (Lipinski definition) is 2. The minimum Gasteiger partial charge on any atom is -0.504 e. The Labute approximate surface area is 299 Å². The van der Waals surface area contributed by atoms with Crippen LogP contribution in [0.3, 0.4) is 0 Å². The Hall–Kier alpha value is -4.54. The molecule has 3 fully saturated rings. The monoisotopic (exact) mass is 717 g/mol. The van der Waals surface area contributed by atoms with Gasteiger partial charge in [0.2, 0.25) is 11.8 Å². The zero-order valence-electron chi connectivity index (χ0n) is 28.2. The first-order chi connectivity index (χ1) is 23.7. The number of nitrogens with zero attached hydrogens (tertiary/aromatic N) is 2. The lowest BCUT2D eigenvalue weighted by Gasteiger charge is -2.50. The number of anilines is 1. The van der Waals surface area contributed by atoms with Gasteiger partial charge < -0.3 is 14.6 Å². The summed E-state index contributed by atoms with van der Waals surface area (Å²) in [6.07, 6.45) is 2.40. The Morgan fingerprint density at radius 3 is 2.22 bits per heavy atom. The molecule has 2 heterocycles. The van der Waals surface area contributed by atoms with E-state index in [-0.39, 0.29) is 34.8 Å². The van der Waals surface area contributed by atoms with Gasteiger partial charge in [0.05, 0.1) is 48.1 Å². The molecule has 0 bridgehead atoms. The Kier molecular flexibility index (Phi) is 8.18. The molecule has 2 saturated heterocycles. The van der Waals surface area contributed by atoms with Crippen molar-refractivity contribution in [3.05, 3.63) is 93.5 Å². The molecule has 2 N–H and O–H groups in total. The molecule has 3 aromatic rings. The second-order valence-electron chi connectivity index (χ2n) is 14.3. The van der Waals surface area contributed by atoms with E-state index in [1.54, 1.807) is 61.7 Å². The Balaban J connectivity index is 1.47. The van der Waals surface area contributed by atoms with Crippen LogP contribution in [0.1, 0.15) is 50.7 Å². The van der Waals surface area contributed by atoms with Gasteiger partial charge in [-0.05, 0) is 93.1 Å². The first-order valence-electron chi connectivity index (χ1n) is 16.4. The summed E-state index contributed by atoms with van der Waals surface area (Å²) in [6.45, 7) is 5.49. The zero-order valence-corrected chi connectivity index (χ0v) is 29.7. The van der Waals surface area contributed by atoms with E-state index in [2.05, 4.69) is 5.43 Å². The number of nitrogens with one attached hydrogen (secondary N) is 1. The van der Waals surface area contributed by atoms with Crippen LogP contribution >= 0.6 is 23.2 Å². The molecule has 6 unspecified atom stereocenters. The maximum Gasteiger partial charge on any atom is 0.260 e. The molecule has 3 aromatic carbocycles. The fraction of sp³-hybridized carbons (Fsp3) is 0.368. The minimum absolute atomic E-state index is 0.131. The number of likely N-dealkylation sites (tertiary alicyclic amines) is 1. The first-order valence-corrected chi connectivity index (χ1v) is 17.2. The van der Waals surface area contributed by atoms with Crippen LogP contribution in [0.25, 0.3) is 0 Å². The number of benzene rings is 3. The van der Waals surface area contributed by atoms with Crippen LogP contribution in [-0.4, -0.2) is 58.4 Å². The van der Waals surface area contributed by atoms with Gasteiger partial charge in [0.15, 0.2) is 11.5 Å². The number of hydrazine groups is 1. The largest absolute Gasteiger partial charge is 0.504 e. The van der Waals surface area contributed by atoms with Crippen molar-refractivity contribution in [1.82, 2.24) is 9.91 Å². The highest BCUT2D eigenvalue weighted by Gasteiger charge is 2.70. The summed E-state index contributed by atoms with van der Waals surface area (Å²) in [4.78, 5) is 59.5. The topological polar surface area (TPSA) is 125 Å². The third-order valence-electron chi connectivity index (χ3n) is 10.8. The summed E-state index contributed by atoms with van der Waals surface area (Å²) in [5.41, 5.74) is 2.88. The van der Waals surface area contributed by atoms with E-state index in [1.807, 2.05) is 26.8 Å². The highest BCUT2D eigenvalue weighted by molar-refractivity contribution is 6.36. The third-order valence-corrected chi connectivity index (χ3v) is 11.3. The number of imide groups is 2. The number of rotatable bonds is 6. The minimum atomic E-state index is -1.54. The maximum atomic E-state index is 15.3. The molecule has 2 aliphatic carbocycles. The summed E-state index contributed by atoms with van der Waals surface area (Å²) < 4.78 is 10.8. The average molecular weight is 719 g/mol. The van der Waals surface area contributed by atoms with Crippen LogP contribution in [0, 0.1) is 23.7 Å². The van der Waals surface area contributed by atoms with Crippen molar-refractivity contribution in [2.75, 3.05) is 19.6 Å². The van der Waals surface area contributed by atoms with E-state index in [1.165, 1.54) is 18.1 Å².